The molecule has 0 aliphatic heterocycles. The van der Waals surface area contributed by atoms with Crippen molar-refractivity contribution in [2.45, 2.75) is 70.8 Å². The van der Waals surface area contributed by atoms with Crippen LogP contribution in [0.1, 0.15) is 64.7 Å². The number of carbonyl (C=O) groups is 1. The van der Waals surface area contributed by atoms with Crippen LogP contribution in [0.4, 0.5) is 0 Å². The van der Waals surface area contributed by atoms with Gasteiger partial charge in [0.1, 0.15) is 0 Å². The van der Waals surface area contributed by atoms with Gasteiger partial charge in [-0.3, -0.25) is 0 Å². The Morgan fingerprint density at radius 3 is 2.27 bits per heavy atom. The number of rotatable bonds is 10. The summed E-state index contributed by atoms with van der Waals surface area (Å²) in [7, 11) is 0. The van der Waals surface area contributed by atoms with Gasteiger partial charge < -0.3 is 15.0 Å². The van der Waals surface area contributed by atoms with Gasteiger partial charge in [0.15, 0.2) is 0 Å². The van der Waals surface area contributed by atoms with E-state index in [1.807, 2.05) is 0 Å². The van der Waals surface area contributed by atoms with E-state index in [0.29, 0.717) is 6.42 Å². The van der Waals surface area contributed by atoms with Gasteiger partial charge in [0.05, 0.1) is 6.10 Å². The Morgan fingerprint density at radius 2 is 1.73 bits per heavy atom. The largest absolute Gasteiger partial charge is 0.550 e. The van der Waals surface area contributed by atoms with Crippen molar-refractivity contribution >= 4 is 5.97 Å². The molecule has 0 aliphatic rings. The van der Waals surface area contributed by atoms with Crippen molar-refractivity contribution in [1.82, 2.24) is 0 Å². The van der Waals surface area contributed by atoms with Gasteiger partial charge in [-0.05, 0) is 25.7 Å². The fourth-order valence-corrected chi connectivity index (χ4v) is 1.60. The van der Waals surface area contributed by atoms with Crippen molar-refractivity contribution in [3.8, 4) is 0 Å². The smallest absolute Gasteiger partial charge is 0.0540 e. The second-order valence-electron chi connectivity index (χ2n) is 4.12. The average molecular weight is 215 g/mol. The summed E-state index contributed by atoms with van der Waals surface area (Å²) in [6.07, 6.45) is 7.55. The van der Waals surface area contributed by atoms with Gasteiger partial charge in [0.2, 0.25) is 0 Å². The number of aliphatic hydroxyl groups is 1. The molecule has 90 valence electrons. The van der Waals surface area contributed by atoms with Crippen molar-refractivity contribution in [3.63, 3.8) is 0 Å². The summed E-state index contributed by atoms with van der Waals surface area (Å²) in [5.41, 5.74) is 0. The molecule has 3 heteroatoms. The van der Waals surface area contributed by atoms with E-state index in [0.717, 1.165) is 32.1 Å². The highest BCUT2D eigenvalue weighted by molar-refractivity contribution is 5.63. The number of carboxylic acid groups (broad SMARTS) is 1. The normalized spacial score (nSPS) is 12.7. The van der Waals surface area contributed by atoms with Crippen molar-refractivity contribution in [2.75, 3.05) is 0 Å². The minimum atomic E-state index is -0.974. The SMILES string of the molecule is CCCCCC(O)CCCCCC(=O)[O-]. The fraction of sp³-hybridized carbons (Fsp3) is 0.917. The summed E-state index contributed by atoms with van der Waals surface area (Å²) >= 11 is 0. The first kappa shape index (κ1) is 14.4. The van der Waals surface area contributed by atoms with Crippen LogP contribution in [0, 0.1) is 0 Å². The number of carboxylic acids is 1. The molecule has 0 saturated heterocycles. The Balaban J connectivity index is 3.16. The van der Waals surface area contributed by atoms with Crippen molar-refractivity contribution in [1.29, 1.82) is 0 Å². The third-order valence-corrected chi connectivity index (χ3v) is 2.56. The van der Waals surface area contributed by atoms with Gasteiger partial charge in [0.25, 0.3) is 0 Å². The summed E-state index contributed by atoms with van der Waals surface area (Å²) in [5.74, 6) is -0.974. The highest BCUT2D eigenvalue weighted by atomic mass is 16.4. The first-order chi connectivity index (χ1) is 7.16. The average Bonchev–Trinajstić information content (AvgIpc) is 2.17. The molecule has 0 aromatic heterocycles. The van der Waals surface area contributed by atoms with Gasteiger partial charge >= 0.3 is 0 Å². The lowest BCUT2D eigenvalue weighted by atomic mass is 10.0. The molecule has 0 spiro atoms. The second-order valence-corrected chi connectivity index (χ2v) is 4.12. The molecule has 0 rings (SSSR count). The van der Waals surface area contributed by atoms with E-state index in [-0.39, 0.29) is 12.5 Å². The maximum absolute atomic E-state index is 10.1. The fourth-order valence-electron chi connectivity index (χ4n) is 1.60. The Hall–Kier alpha value is -0.570. The van der Waals surface area contributed by atoms with E-state index >= 15 is 0 Å². The molecule has 0 aromatic carbocycles. The monoisotopic (exact) mass is 215 g/mol. The number of unbranched alkanes of at least 4 members (excludes halogenated alkanes) is 4. The number of carbonyl (C=O) groups excluding carboxylic acids is 1. The lowest BCUT2D eigenvalue weighted by molar-refractivity contribution is -0.305. The van der Waals surface area contributed by atoms with Crippen molar-refractivity contribution in [3.05, 3.63) is 0 Å². The van der Waals surface area contributed by atoms with E-state index in [1.54, 1.807) is 0 Å². The molecule has 0 heterocycles. The third kappa shape index (κ3) is 11.4. The number of aliphatic hydroxyl groups excluding tert-OH is 1. The van der Waals surface area contributed by atoms with E-state index in [1.165, 1.54) is 12.8 Å². The molecule has 3 nitrogen and oxygen atoms in total. The Kier molecular flexibility index (Phi) is 9.59. The molecular formula is C12H23O3-. The summed E-state index contributed by atoms with van der Waals surface area (Å²) in [6.45, 7) is 2.15. The molecule has 0 amide bonds. The van der Waals surface area contributed by atoms with Crippen LogP contribution >= 0.6 is 0 Å². The molecule has 0 saturated carbocycles. The molecule has 0 aliphatic carbocycles. The Bertz CT molecular complexity index is 157. The van der Waals surface area contributed by atoms with Gasteiger partial charge in [0, 0.05) is 5.97 Å². The molecule has 0 radical (unpaired) electrons. The lowest BCUT2D eigenvalue weighted by Crippen LogP contribution is -2.21. The predicted octanol–water partition coefficient (Wildman–Crippen LogP) is 1.63. The predicted molar refractivity (Wildman–Crippen MR) is 58.2 cm³/mol. The van der Waals surface area contributed by atoms with Gasteiger partial charge in [-0.1, -0.05) is 39.0 Å². The Morgan fingerprint density at radius 1 is 1.13 bits per heavy atom. The van der Waals surface area contributed by atoms with Crippen LogP contribution in [0.2, 0.25) is 0 Å². The summed E-state index contributed by atoms with van der Waals surface area (Å²) in [5, 5.41) is 19.7. The van der Waals surface area contributed by atoms with Crippen LogP contribution in [-0.4, -0.2) is 17.2 Å². The number of aliphatic carboxylic acids is 1. The van der Waals surface area contributed by atoms with E-state index in [9.17, 15) is 15.0 Å². The zero-order valence-corrected chi connectivity index (χ0v) is 9.71. The molecular weight excluding hydrogens is 192 g/mol. The molecule has 1 unspecified atom stereocenters. The second kappa shape index (κ2) is 9.97. The zero-order valence-electron chi connectivity index (χ0n) is 9.71. The maximum Gasteiger partial charge on any atom is 0.0540 e. The van der Waals surface area contributed by atoms with Crippen LogP contribution in [0.3, 0.4) is 0 Å². The van der Waals surface area contributed by atoms with E-state index in [2.05, 4.69) is 6.92 Å². The first-order valence-electron chi connectivity index (χ1n) is 6.04. The van der Waals surface area contributed by atoms with Gasteiger partial charge in [-0.25, -0.2) is 0 Å². The zero-order chi connectivity index (χ0) is 11.5. The van der Waals surface area contributed by atoms with Crippen molar-refractivity contribution < 1.29 is 15.0 Å². The summed E-state index contributed by atoms with van der Waals surface area (Å²) in [4.78, 5) is 10.1. The minimum absolute atomic E-state index is 0.145. The highest BCUT2D eigenvalue weighted by Crippen LogP contribution is 2.11. The van der Waals surface area contributed by atoms with E-state index in [4.69, 9.17) is 0 Å². The highest BCUT2D eigenvalue weighted by Gasteiger charge is 2.02. The summed E-state index contributed by atoms with van der Waals surface area (Å²) in [6, 6.07) is 0. The van der Waals surface area contributed by atoms with Crippen molar-refractivity contribution in [2.24, 2.45) is 0 Å². The molecule has 1 N–H and O–H groups in total. The van der Waals surface area contributed by atoms with Crippen LogP contribution in [0.25, 0.3) is 0 Å². The van der Waals surface area contributed by atoms with Crippen LogP contribution < -0.4 is 5.11 Å². The van der Waals surface area contributed by atoms with Crippen LogP contribution in [-0.2, 0) is 4.79 Å². The topological polar surface area (TPSA) is 60.4 Å². The standard InChI is InChI=1S/C12H24O3/c1-2-3-5-8-11(13)9-6-4-7-10-12(14)15/h11,13H,2-10H2,1H3,(H,14,15)/p-1. The quantitative estimate of drug-likeness (QED) is 0.563. The summed E-state index contributed by atoms with van der Waals surface area (Å²) < 4.78 is 0. The van der Waals surface area contributed by atoms with Crippen LogP contribution in [0.5, 0.6) is 0 Å². The third-order valence-electron chi connectivity index (χ3n) is 2.56. The minimum Gasteiger partial charge on any atom is -0.550 e. The molecule has 0 bridgehead atoms. The van der Waals surface area contributed by atoms with E-state index < -0.39 is 5.97 Å². The first-order valence-corrected chi connectivity index (χ1v) is 6.04. The maximum atomic E-state index is 10.1. The molecule has 15 heavy (non-hydrogen) atoms. The number of hydrogen-bond acceptors (Lipinski definition) is 3. The molecule has 0 fully saturated rings. The molecule has 0 aromatic rings. The van der Waals surface area contributed by atoms with Gasteiger partial charge in [-0.15, -0.1) is 0 Å². The van der Waals surface area contributed by atoms with Gasteiger partial charge in [-0.2, -0.15) is 0 Å². The molecule has 1 atom stereocenters. The van der Waals surface area contributed by atoms with Crippen LogP contribution in [0.15, 0.2) is 0 Å². The Labute approximate surface area is 92.5 Å². The number of hydrogen-bond donors (Lipinski definition) is 1. The lowest BCUT2D eigenvalue weighted by Gasteiger charge is -2.09.